The van der Waals surface area contributed by atoms with Gasteiger partial charge in [-0.05, 0) is 29.8 Å². The van der Waals surface area contributed by atoms with Gasteiger partial charge in [0.1, 0.15) is 0 Å². The number of hydrogen-bond donors (Lipinski definition) is 1. The van der Waals surface area contributed by atoms with Gasteiger partial charge in [-0.25, -0.2) is 0 Å². The summed E-state index contributed by atoms with van der Waals surface area (Å²) in [6, 6.07) is -0.426. The Bertz CT molecular complexity index is 526. The summed E-state index contributed by atoms with van der Waals surface area (Å²) in [6.07, 6.45) is 0.228. The molecule has 0 aliphatic carbocycles. The molecule has 1 fully saturated rings. The minimum Gasteiger partial charge on any atom is -0.300 e. The van der Waals surface area contributed by atoms with Crippen molar-refractivity contribution in [3.05, 3.63) is 15.9 Å². The number of imide groups is 1. The summed E-state index contributed by atoms with van der Waals surface area (Å²) in [5.41, 5.74) is 1.92. The van der Waals surface area contributed by atoms with Gasteiger partial charge in [-0.15, -0.1) is 0 Å². The third-order valence-corrected chi connectivity index (χ3v) is 4.38. The first-order valence-electron chi connectivity index (χ1n) is 6.21. The van der Waals surface area contributed by atoms with Gasteiger partial charge in [0.15, 0.2) is 0 Å². The number of aromatic nitrogens is 2. The average Bonchev–Trinajstić information content (AvgIpc) is 2.80. The molecule has 1 aromatic heterocycles. The number of nitrogens with one attached hydrogen (secondary N) is 1. The number of amides is 2. The molecule has 2 rings (SSSR count). The Kier molecular flexibility index (Phi) is 4.05. The molecule has 0 spiro atoms. The first-order valence-corrected chi connectivity index (χ1v) is 7.00. The van der Waals surface area contributed by atoms with Crippen LogP contribution < -0.4 is 5.32 Å². The molecule has 0 aromatic carbocycles. The van der Waals surface area contributed by atoms with Gasteiger partial charge in [-0.3, -0.25) is 24.5 Å². The molecule has 1 unspecified atom stereocenters. The topological polar surface area (TPSA) is 67.2 Å². The van der Waals surface area contributed by atoms with Crippen molar-refractivity contribution in [2.24, 2.45) is 0 Å². The van der Waals surface area contributed by atoms with E-state index in [4.69, 9.17) is 0 Å². The standard InChI is InChI=1S/C12H17BrN4O2/c1-4-17-9(11(13)7(2)15-17)6-14-8-5-10(18)16(3)12(8)19/h8,14H,4-6H2,1-3H3. The third-order valence-electron chi connectivity index (χ3n) is 3.35. The van der Waals surface area contributed by atoms with Crippen molar-refractivity contribution in [2.75, 3.05) is 7.05 Å². The van der Waals surface area contributed by atoms with Crippen LogP contribution in [0.3, 0.4) is 0 Å². The molecule has 1 aromatic rings. The number of halogens is 1. The number of aryl methyl sites for hydroxylation is 2. The maximum absolute atomic E-state index is 11.8. The van der Waals surface area contributed by atoms with Gasteiger partial charge in [0.25, 0.3) is 0 Å². The van der Waals surface area contributed by atoms with Crippen molar-refractivity contribution in [3.8, 4) is 0 Å². The average molecular weight is 329 g/mol. The van der Waals surface area contributed by atoms with E-state index >= 15 is 0 Å². The quantitative estimate of drug-likeness (QED) is 0.831. The van der Waals surface area contributed by atoms with E-state index < -0.39 is 6.04 Å². The Morgan fingerprint density at radius 1 is 1.47 bits per heavy atom. The minimum atomic E-state index is -0.426. The van der Waals surface area contributed by atoms with Crippen LogP contribution in [0.25, 0.3) is 0 Å². The van der Waals surface area contributed by atoms with E-state index in [0.29, 0.717) is 6.54 Å². The van der Waals surface area contributed by atoms with Gasteiger partial charge < -0.3 is 0 Å². The second kappa shape index (κ2) is 5.42. The van der Waals surface area contributed by atoms with Crippen LogP contribution in [0.15, 0.2) is 4.47 Å². The van der Waals surface area contributed by atoms with Crippen molar-refractivity contribution in [1.29, 1.82) is 0 Å². The largest absolute Gasteiger partial charge is 0.300 e. The Hall–Kier alpha value is -1.21. The summed E-state index contributed by atoms with van der Waals surface area (Å²) >= 11 is 3.50. The van der Waals surface area contributed by atoms with Crippen molar-refractivity contribution in [1.82, 2.24) is 20.0 Å². The molecule has 6 nitrogen and oxygen atoms in total. The molecule has 1 aliphatic rings. The van der Waals surface area contributed by atoms with Crippen LogP contribution in [-0.2, 0) is 22.7 Å². The zero-order chi connectivity index (χ0) is 14.2. The molecule has 2 heterocycles. The molecule has 7 heteroatoms. The SMILES string of the molecule is CCn1nc(C)c(Br)c1CNC1CC(=O)N(C)C1=O. The molecule has 0 radical (unpaired) electrons. The molecule has 19 heavy (non-hydrogen) atoms. The fourth-order valence-corrected chi connectivity index (χ4v) is 2.60. The van der Waals surface area contributed by atoms with E-state index in [1.807, 2.05) is 18.5 Å². The fourth-order valence-electron chi connectivity index (χ4n) is 2.17. The lowest BCUT2D eigenvalue weighted by Crippen LogP contribution is -2.37. The van der Waals surface area contributed by atoms with Crippen LogP contribution in [0.1, 0.15) is 24.7 Å². The first-order chi connectivity index (χ1) is 8.95. The number of hydrogen-bond acceptors (Lipinski definition) is 4. The fraction of sp³-hybridized carbons (Fsp3) is 0.583. The van der Waals surface area contributed by atoms with E-state index in [1.165, 1.54) is 11.9 Å². The van der Waals surface area contributed by atoms with Gasteiger partial charge in [0.2, 0.25) is 11.8 Å². The van der Waals surface area contributed by atoms with Crippen LogP contribution in [0.2, 0.25) is 0 Å². The lowest BCUT2D eigenvalue weighted by atomic mass is 10.2. The third kappa shape index (κ3) is 2.57. The van der Waals surface area contributed by atoms with Crippen LogP contribution in [0.5, 0.6) is 0 Å². The lowest BCUT2D eigenvalue weighted by molar-refractivity contribution is -0.137. The number of carbonyl (C=O) groups excluding carboxylic acids is 2. The van der Waals surface area contributed by atoms with Crippen LogP contribution in [-0.4, -0.2) is 39.6 Å². The highest BCUT2D eigenvalue weighted by molar-refractivity contribution is 9.10. The summed E-state index contributed by atoms with van der Waals surface area (Å²) in [5, 5.41) is 7.52. The van der Waals surface area contributed by atoms with Gasteiger partial charge in [-0.2, -0.15) is 5.10 Å². The lowest BCUT2D eigenvalue weighted by Gasteiger charge is -2.12. The summed E-state index contributed by atoms with van der Waals surface area (Å²) < 4.78 is 2.84. The highest BCUT2D eigenvalue weighted by Gasteiger charge is 2.35. The van der Waals surface area contributed by atoms with Gasteiger partial charge in [0, 0.05) is 20.1 Å². The van der Waals surface area contributed by atoms with Crippen molar-refractivity contribution in [3.63, 3.8) is 0 Å². The van der Waals surface area contributed by atoms with Gasteiger partial charge >= 0.3 is 0 Å². The molecule has 1 aliphatic heterocycles. The van der Waals surface area contributed by atoms with Crippen LogP contribution in [0, 0.1) is 6.92 Å². The van der Waals surface area contributed by atoms with E-state index in [1.54, 1.807) is 0 Å². The maximum atomic E-state index is 11.8. The molecule has 1 N–H and O–H groups in total. The highest BCUT2D eigenvalue weighted by Crippen LogP contribution is 2.21. The zero-order valence-corrected chi connectivity index (χ0v) is 12.8. The second-order valence-corrected chi connectivity index (χ2v) is 5.38. The predicted octanol–water partition coefficient (Wildman–Crippen LogP) is 0.821. The van der Waals surface area contributed by atoms with Crippen LogP contribution >= 0.6 is 15.9 Å². The number of likely N-dealkylation sites (N-methyl/N-ethyl adjacent to an activating group) is 1. The smallest absolute Gasteiger partial charge is 0.246 e. The number of likely N-dealkylation sites (tertiary alicyclic amines) is 1. The van der Waals surface area contributed by atoms with Gasteiger partial charge in [0.05, 0.1) is 28.3 Å². The summed E-state index contributed by atoms with van der Waals surface area (Å²) in [4.78, 5) is 24.4. The van der Waals surface area contributed by atoms with Crippen LogP contribution in [0.4, 0.5) is 0 Å². The van der Waals surface area contributed by atoms with E-state index in [0.717, 1.165) is 22.4 Å². The number of nitrogens with zero attached hydrogens (tertiary/aromatic N) is 3. The second-order valence-electron chi connectivity index (χ2n) is 4.59. The van der Waals surface area contributed by atoms with E-state index in [2.05, 4.69) is 26.3 Å². The van der Waals surface area contributed by atoms with Gasteiger partial charge in [-0.1, -0.05) is 0 Å². The molecule has 0 bridgehead atoms. The monoisotopic (exact) mass is 328 g/mol. The first kappa shape index (κ1) is 14.2. The van der Waals surface area contributed by atoms with Crippen molar-refractivity contribution >= 4 is 27.7 Å². The summed E-state index contributed by atoms with van der Waals surface area (Å²) in [7, 11) is 1.52. The summed E-state index contributed by atoms with van der Waals surface area (Å²) in [5.74, 6) is -0.304. The Morgan fingerprint density at radius 3 is 2.68 bits per heavy atom. The Morgan fingerprint density at radius 2 is 2.16 bits per heavy atom. The predicted molar refractivity (Wildman–Crippen MR) is 73.4 cm³/mol. The van der Waals surface area contributed by atoms with E-state index in [9.17, 15) is 9.59 Å². The number of rotatable bonds is 4. The number of carbonyl (C=O) groups is 2. The summed E-state index contributed by atoms with van der Waals surface area (Å²) in [6.45, 7) is 5.21. The van der Waals surface area contributed by atoms with Crippen molar-refractivity contribution in [2.45, 2.75) is 39.4 Å². The Balaban J connectivity index is 2.08. The highest BCUT2D eigenvalue weighted by atomic mass is 79.9. The minimum absolute atomic E-state index is 0.137. The normalized spacial score (nSPS) is 19.6. The molecule has 0 saturated carbocycles. The molecular formula is C12H17BrN4O2. The van der Waals surface area contributed by atoms with E-state index in [-0.39, 0.29) is 18.2 Å². The molecule has 1 atom stereocenters. The maximum Gasteiger partial charge on any atom is 0.246 e. The van der Waals surface area contributed by atoms with Crippen molar-refractivity contribution < 1.29 is 9.59 Å². The zero-order valence-electron chi connectivity index (χ0n) is 11.2. The molecule has 104 valence electrons. The molecule has 2 amide bonds. The Labute approximate surface area is 120 Å². The molecule has 1 saturated heterocycles. The molecular weight excluding hydrogens is 312 g/mol.